The van der Waals surface area contributed by atoms with Gasteiger partial charge in [0.2, 0.25) is 0 Å². The predicted octanol–water partition coefficient (Wildman–Crippen LogP) is -2.08. The van der Waals surface area contributed by atoms with Crippen LogP contribution in [0.25, 0.3) is 0 Å². The van der Waals surface area contributed by atoms with Crippen LogP contribution < -0.4 is 29.6 Å². The Hall–Kier alpha value is 0.0600. The molecular formula is C8H8FNaO3S. The fourth-order valence-corrected chi connectivity index (χ4v) is 1.38. The van der Waals surface area contributed by atoms with E-state index in [-0.39, 0.29) is 41.8 Å². The molecule has 1 rings (SSSR count). The Labute approximate surface area is 104 Å². The first-order valence-corrected chi connectivity index (χ1v) is 5.23. The van der Waals surface area contributed by atoms with Gasteiger partial charge in [0.05, 0.1) is 10.1 Å². The summed E-state index contributed by atoms with van der Waals surface area (Å²) in [7, 11) is -4.18. The molecule has 0 radical (unpaired) electrons. The molecule has 0 heterocycles. The summed E-state index contributed by atoms with van der Waals surface area (Å²) in [6, 6.07) is 5.38. The third kappa shape index (κ3) is 5.72. The average Bonchev–Trinajstić information content (AvgIpc) is 2.02. The summed E-state index contributed by atoms with van der Waals surface area (Å²) >= 11 is 0. The monoisotopic (exact) mass is 226 g/mol. The van der Waals surface area contributed by atoms with Crippen molar-refractivity contribution < 1.29 is 46.9 Å². The van der Waals surface area contributed by atoms with Crippen LogP contribution in [0.2, 0.25) is 0 Å². The van der Waals surface area contributed by atoms with E-state index in [1.54, 1.807) is 0 Å². The SMILES string of the molecule is O=S(=O)([O-])CCc1ccc(F)cc1.[Na+]. The molecule has 0 atom stereocenters. The fourth-order valence-electron chi connectivity index (χ4n) is 0.894. The van der Waals surface area contributed by atoms with E-state index in [4.69, 9.17) is 0 Å². The molecule has 0 saturated heterocycles. The molecule has 0 amide bonds. The van der Waals surface area contributed by atoms with Gasteiger partial charge < -0.3 is 4.55 Å². The summed E-state index contributed by atoms with van der Waals surface area (Å²) in [5, 5.41) is 0. The molecule has 0 aliphatic carbocycles. The molecule has 6 heteroatoms. The van der Waals surface area contributed by atoms with Crippen molar-refractivity contribution in [2.24, 2.45) is 0 Å². The van der Waals surface area contributed by atoms with Crippen LogP contribution in [0.4, 0.5) is 4.39 Å². The number of aryl methyl sites for hydroxylation is 1. The van der Waals surface area contributed by atoms with Gasteiger partial charge in [-0.15, -0.1) is 0 Å². The minimum atomic E-state index is -4.18. The summed E-state index contributed by atoms with van der Waals surface area (Å²) < 4.78 is 43.1. The summed E-state index contributed by atoms with van der Waals surface area (Å²) in [6.07, 6.45) is 0.131. The predicted molar refractivity (Wildman–Crippen MR) is 44.7 cm³/mol. The van der Waals surface area contributed by atoms with Crippen LogP contribution in [0.5, 0.6) is 0 Å². The van der Waals surface area contributed by atoms with Crippen LogP contribution in [0, 0.1) is 5.82 Å². The van der Waals surface area contributed by atoms with Gasteiger partial charge in [0, 0.05) is 5.75 Å². The second kappa shape index (κ2) is 5.82. The smallest absolute Gasteiger partial charge is 0.748 e. The number of rotatable bonds is 3. The topological polar surface area (TPSA) is 57.2 Å². The first-order chi connectivity index (χ1) is 5.97. The van der Waals surface area contributed by atoms with Gasteiger partial charge in [0.1, 0.15) is 5.82 Å². The van der Waals surface area contributed by atoms with E-state index >= 15 is 0 Å². The molecular weight excluding hydrogens is 218 g/mol. The molecule has 0 unspecified atom stereocenters. The maximum atomic E-state index is 12.4. The third-order valence-electron chi connectivity index (χ3n) is 1.55. The maximum absolute atomic E-state index is 12.4. The second-order valence-corrected chi connectivity index (χ2v) is 4.16. The summed E-state index contributed by atoms with van der Waals surface area (Å²) in [6.45, 7) is 0. The first-order valence-electron chi connectivity index (χ1n) is 3.65. The molecule has 0 fully saturated rings. The third-order valence-corrected chi connectivity index (χ3v) is 2.26. The zero-order chi connectivity index (χ0) is 9.90. The Balaban J connectivity index is 0.00000169. The van der Waals surface area contributed by atoms with E-state index in [2.05, 4.69) is 0 Å². The molecule has 0 saturated carbocycles. The normalized spacial score (nSPS) is 10.7. The first kappa shape index (κ1) is 14.1. The van der Waals surface area contributed by atoms with Gasteiger partial charge in [0.15, 0.2) is 0 Å². The van der Waals surface area contributed by atoms with Gasteiger partial charge in [-0.05, 0) is 24.1 Å². The standard InChI is InChI=1S/C8H9FO3S.Na/c9-8-3-1-7(2-4-8)5-6-13(10,11)12;/h1-4H,5-6H2,(H,10,11,12);/q;+1/p-1. The van der Waals surface area contributed by atoms with E-state index in [0.717, 1.165) is 0 Å². The van der Waals surface area contributed by atoms with Crippen molar-refractivity contribution in [1.82, 2.24) is 0 Å². The van der Waals surface area contributed by atoms with Crippen molar-refractivity contribution in [3.8, 4) is 0 Å². The van der Waals surface area contributed by atoms with Crippen molar-refractivity contribution in [2.45, 2.75) is 6.42 Å². The van der Waals surface area contributed by atoms with Crippen molar-refractivity contribution in [3.05, 3.63) is 35.6 Å². The summed E-state index contributed by atoms with van der Waals surface area (Å²) in [5.41, 5.74) is 0.640. The molecule has 0 bridgehead atoms. The van der Waals surface area contributed by atoms with Gasteiger partial charge in [0.25, 0.3) is 0 Å². The summed E-state index contributed by atoms with van der Waals surface area (Å²) in [4.78, 5) is 0. The van der Waals surface area contributed by atoms with Gasteiger partial charge >= 0.3 is 29.6 Å². The number of benzene rings is 1. The molecule has 14 heavy (non-hydrogen) atoms. The minimum absolute atomic E-state index is 0. The van der Waals surface area contributed by atoms with E-state index in [1.165, 1.54) is 24.3 Å². The van der Waals surface area contributed by atoms with E-state index in [1.807, 2.05) is 0 Å². The van der Waals surface area contributed by atoms with Crippen LogP contribution >= 0.6 is 0 Å². The van der Waals surface area contributed by atoms with E-state index in [9.17, 15) is 17.4 Å². The Morgan fingerprint density at radius 2 is 1.71 bits per heavy atom. The maximum Gasteiger partial charge on any atom is 1.00 e. The summed E-state index contributed by atoms with van der Waals surface area (Å²) in [5.74, 6) is -0.827. The van der Waals surface area contributed by atoms with Crippen LogP contribution in [-0.4, -0.2) is 18.7 Å². The quantitative estimate of drug-likeness (QED) is 0.439. The van der Waals surface area contributed by atoms with Crippen molar-refractivity contribution in [3.63, 3.8) is 0 Å². The molecule has 72 valence electrons. The van der Waals surface area contributed by atoms with Crippen LogP contribution in [-0.2, 0) is 16.5 Å². The van der Waals surface area contributed by atoms with Crippen LogP contribution in [0.3, 0.4) is 0 Å². The Kier molecular flexibility index (Phi) is 5.85. The molecule has 1 aromatic carbocycles. The van der Waals surface area contributed by atoms with Crippen molar-refractivity contribution in [1.29, 1.82) is 0 Å². The van der Waals surface area contributed by atoms with Gasteiger partial charge in [-0.25, -0.2) is 12.8 Å². The van der Waals surface area contributed by atoms with Gasteiger partial charge in [-0.2, -0.15) is 0 Å². The Bertz CT molecular complexity index is 374. The fraction of sp³-hybridized carbons (Fsp3) is 0.250. The molecule has 0 spiro atoms. The van der Waals surface area contributed by atoms with Crippen molar-refractivity contribution >= 4 is 10.1 Å². The van der Waals surface area contributed by atoms with E-state index in [0.29, 0.717) is 5.56 Å². The number of hydrogen-bond donors (Lipinski definition) is 0. The molecule has 0 aliphatic rings. The van der Waals surface area contributed by atoms with Crippen LogP contribution in [0.1, 0.15) is 5.56 Å². The minimum Gasteiger partial charge on any atom is -0.748 e. The Morgan fingerprint density at radius 3 is 2.14 bits per heavy atom. The zero-order valence-corrected chi connectivity index (χ0v) is 10.6. The average molecular weight is 226 g/mol. The second-order valence-electron chi connectivity index (χ2n) is 2.64. The molecule has 0 N–H and O–H groups in total. The molecule has 3 nitrogen and oxygen atoms in total. The Morgan fingerprint density at radius 1 is 1.21 bits per heavy atom. The number of hydrogen-bond acceptors (Lipinski definition) is 3. The zero-order valence-electron chi connectivity index (χ0n) is 7.73. The van der Waals surface area contributed by atoms with Crippen LogP contribution in [0.15, 0.2) is 24.3 Å². The van der Waals surface area contributed by atoms with Crippen molar-refractivity contribution in [2.75, 3.05) is 5.75 Å². The number of halogens is 1. The van der Waals surface area contributed by atoms with E-state index < -0.39 is 15.9 Å². The molecule has 0 aromatic heterocycles. The van der Waals surface area contributed by atoms with Gasteiger partial charge in [-0.3, -0.25) is 0 Å². The largest absolute Gasteiger partial charge is 1.00 e. The molecule has 0 aliphatic heterocycles. The molecule has 1 aromatic rings. The van der Waals surface area contributed by atoms with Gasteiger partial charge in [-0.1, -0.05) is 12.1 Å².